The minimum Gasteiger partial charge on any atom is -0.324 e. The summed E-state index contributed by atoms with van der Waals surface area (Å²) in [5, 5.41) is 1.21. The predicted molar refractivity (Wildman–Crippen MR) is 85.5 cm³/mol. The van der Waals surface area contributed by atoms with Gasteiger partial charge in [-0.2, -0.15) is 0 Å². The molecule has 2 N–H and O–H groups in total. The molecule has 0 bridgehead atoms. The molecule has 0 aliphatic heterocycles. The molecule has 0 saturated heterocycles. The number of sulfone groups is 1. The van der Waals surface area contributed by atoms with Gasteiger partial charge in [0, 0.05) is 11.4 Å². The van der Waals surface area contributed by atoms with Crippen LogP contribution in [-0.2, 0) is 16.3 Å². The molecule has 3 nitrogen and oxygen atoms in total. The highest BCUT2D eigenvalue weighted by Gasteiger charge is 2.09. The van der Waals surface area contributed by atoms with Gasteiger partial charge in [-0.3, -0.25) is 0 Å². The van der Waals surface area contributed by atoms with Gasteiger partial charge in [0.15, 0.2) is 9.84 Å². The molecule has 0 radical (unpaired) electrons. The van der Waals surface area contributed by atoms with Crippen LogP contribution in [0.25, 0.3) is 0 Å². The van der Waals surface area contributed by atoms with E-state index in [0.29, 0.717) is 6.42 Å². The van der Waals surface area contributed by atoms with Crippen molar-refractivity contribution < 1.29 is 8.42 Å². The van der Waals surface area contributed by atoms with Crippen LogP contribution in [0.3, 0.4) is 0 Å². The first-order valence-electron chi connectivity index (χ1n) is 6.86. The third kappa shape index (κ3) is 4.85. The van der Waals surface area contributed by atoms with E-state index in [9.17, 15) is 8.42 Å². The van der Waals surface area contributed by atoms with Crippen LogP contribution in [0, 0.1) is 0 Å². The van der Waals surface area contributed by atoms with Gasteiger partial charge in [-0.1, -0.05) is 54.6 Å². The van der Waals surface area contributed by atoms with E-state index in [1.54, 1.807) is 36.4 Å². The molecule has 1 unspecified atom stereocenters. The van der Waals surface area contributed by atoms with Gasteiger partial charge in [0.2, 0.25) is 0 Å². The zero-order valence-electron chi connectivity index (χ0n) is 11.7. The second-order valence-corrected chi connectivity index (χ2v) is 6.71. The van der Waals surface area contributed by atoms with Crippen LogP contribution < -0.4 is 5.73 Å². The minimum atomic E-state index is -3.40. The summed E-state index contributed by atoms with van der Waals surface area (Å²) in [7, 11) is -3.40. The Morgan fingerprint density at radius 1 is 0.952 bits per heavy atom. The average Bonchev–Trinajstić information content (AvgIpc) is 2.53. The number of rotatable bonds is 6. The quantitative estimate of drug-likeness (QED) is 0.892. The minimum absolute atomic E-state index is 0.274. The van der Waals surface area contributed by atoms with Crippen LogP contribution in [0.4, 0.5) is 0 Å². The molecule has 21 heavy (non-hydrogen) atoms. The monoisotopic (exact) mass is 301 g/mol. The molecular weight excluding hydrogens is 282 g/mol. The largest absolute Gasteiger partial charge is 0.324 e. The highest BCUT2D eigenvalue weighted by molar-refractivity contribution is 7.94. The van der Waals surface area contributed by atoms with Gasteiger partial charge in [0.1, 0.15) is 0 Å². The van der Waals surface area contributed by atoms with Crippen LogP contribution in [0.1, 0.15) is 12.0 Å². The zero-order chi connectivity index (χ0) is 15.1. The Kier molecular flexibility index (Phi) is 5.31. The fourth-order valence-electron chi connectivity index (χ4n) is 1.97. The van der Waals surface area contributed by atoms with E-state index < -0.39 is 9.84 Å². The Morgan fingerprint density at radius 3 is 2.14 bits per heavy atom. The van der Waals surface area contributed by atoms with E-state index in [-0.39, 0.29) is 10.9 Å². The average molecular weight is 301 g/mol. The van der Waals surface area contributed by atoms with Crippen LogP contribution in [0.5, 0.6) is 0 Å². The Balaban J connectivity index is 1.94. The van der Waals surface area contributed by atoms with Crippen molar-refractivity contribution in [2.24, 2.45) is 5.73 Å². The highest BCUT2D eigenvalue weighted by Crippen LogP contribution is 2.12. The number of benzene rings is 2. The molecule has 0 aromatic heterocycles. The van der Waals surface area contributed by atoms with Gasteiger partial charge in [0.25, 0.3) is 0 Å². The van der Waals surface area contributed by atoms with E-state index in [0.717, 1.165) is 6.42 Å². The fourth-order valence-corrected chi connectivity index (χ4v) is 3.07. The van der Waals surface area contributed by atoms with Crippen molar-refractivity contribution in [2.75, 3.05) is 0 Å². The zero-order valence-corrected chi connectivity index (χ0v) is 12.5. The van der Waals surface area contributed by atoms with Gasteiger partial charge >= 0.3 is 0 Å². The van der Waals surface area contributed by atoms with Crippen LogP contribution in [0.15, 0.2) is 77.0 Å². The van der Waals surface area contributed by atoms with E-state index in [2.05, 4.69) is 0 Å². The third-order valence-electron chi connectivity index (χ3n) is 3.19. The van der Waals surface area contributed by atoms with E-state index in [4.69, 9.17) is 5.73 Å². The lowest BCUT2D eigenvalue weighted by Crippen LogP contribution is -2.18. The van der Waals surface area contributed by atoms with E-state index >= 15 is 0 Å². The first-order chi connectivity index (χ1) is 10.1. The van der Waals surface area contributed by atoms with E-state index in [1.807, 2.05) is 30.3 Å². The fraction of sp³-hybridized carbons (Fsp3) is 0.176. The van der Waals surface area contributed by atoms with Crippen LogP contribution in [-0.4, -0.2) is 14.5 Å². The summed E-state index contributed by atoms with van der Waals surface area (Å²) in [5.41, 5.74) is 7.16. The summed E-state index contributed by atoms with van der Waals surface area (Å²) in [4.78, 5) is 0.288. The van der Waals surface area contributed by atoms with Crippen molar-refractivity contribution in [2.45, 2.75) is 23.8 Å². The smallest absolute Gasteiger partial charge is 0.199 e. The van der Waals surface area contributed by atoms with Gasteiger partial charge in [-0.15, -0.1) is 0 Å². The van der Waals surface area contributed by atoms with Gasteiger partial charge in [-0.05, 0) is 30.5 Å². The Labute approximate surface area is 126 Å². The lowest BCUT2D eigenvalue weighted by molar-refractivity contribution is 0.604. The highest BCUT2D eigenvalue weighted by atomic mass is 32.2. The summed E-state index contributed by atoms with van der Waals surface area (Å²) < 4.78 is 24.1. The number of aryl methyl sites for hydroxylation is 1. The number of nitrogens with two attached hydrogens (primary N) is 1. The lowest BCUT2D eigenvalue weighted by Gasteiger charge is -2.06. The molecule has 0 spiro atoms. The van der Waals surface area contributed by atoms with Gasteiger partial charge in [0.05, 0.1) is 4.90 Å². The molecule has 0 aliphatic rings. The normalized spacial score (nSPS) is 13.4. The Hall–Kier alpha value is -1.91. The summed E-state index contributed by atoms with van der Waals surface area (Å²) in [6.07, 6.45) is 3.10. The third-order valence-corrected chi connectivity index (χ3v) is 4.63. The molecule has 0 fully saturated rings. The van der Waals surface area contributed by atoms with Gasteiger partial charge < -0.3 is 5.73 Å². The Bertz CT molecular complexity index is 679. The first kappa shape index (κ1) is 15.5. The summed E-state index contributed by atoms with van der Waals surface area (Å²) >= 11 is 0. The molecule has 2 rings (SSSR count). The predicted octanol–water partition coefficient (Wildman–Crippen LogP) is 2.93. The van der Waals surface area contributed by atoms with Crippen molar-refractivity contribution in [1.29, 1.82) is 0 Å². The van der Waals surface area contributed by atoms with Crippen LogP contribution in [0.2, 0.25) is 0 Å². The molecule has 0 aliphatic carbocycles. The maximum atomic E-state index is 12.1. The molecule has 4 heteroatoms. The molecule has 0 heterocycles. The molecule has 0 saturated carbocycles. The van der Waals surface area contributed by atoms with Crippen molar-refractivity contribution in [1.82, 2.24) is 0 Å². The number of hydrogen-bond donors (Lipinski definition) is 1. The lowest BCUT2D eigenvalue weighted by atomic mass is 10.1. The molecular formula is C17H19NO2S. The summed E-state index contributed by atoms with van der Waals surface area (Å²) in [5.74, 6) is 0. The molecule has 2 aromatic carbocycles. The topological polar surface area (TPSA) is 60.2 Å². The first-order valence-corrected chi connectivity index (χ1v) is 8.40. The van der Waals surface area contributed by atoms with Crippen molar-refractivity contribution >= 4 is 9.84 Å². The SMILES string of the molecule is NC(/C=C/S(=O)(=O)c1ccccc1)CCc1ccccc1. The maximum absolute atomic E-state index is 12.1. The van der Waals surface area contributed by atoms with Gasteiger partial charge in [-0.25, -0.2) is 8.42 Å². The molecule has 1 atom stereocenters. The van der Waals surface area contributed by atoms with Crippen LogP contribution >= 0.6 is 0 Å². The van der Waals surface area contributed by atoms with Crippen molar-refractivity contribution in [3.63, 3.8) is 0 Å². The van der Waals surface area contributed by atoms with E-state index in [1.165, 1.54) is 11.0 Å². The molecule has 2 aromatic rings. The second kappa shape index (κ2) is 7.20. The van der Waals surface area contributed by atoms with Crippen molar-refractivity contribution in [3.8, 4) is 0 Å². The molecule has 110 valence electrons. The summed E-state index contributed by atoms with van der Waals surface area (Å²) in [6.45, 7) is 0. The van der Waals surface area contributed by atoms with Crippen molar-refractivity contribution in [3.05, 3.63) is 77.7 Å². The summed E-state index contributed by atoms with van der Waals surface area (Å²) in [6, 6.07) is 18.1. The second-order valence-electron chi connectivity index (χ2n) is 4.87. The number of hydrogen-bond acceptors (Lipinski definition) is 3. The molecule has 0 amide bonds. The standard InChI is InChI=1S/C17H19NO2S/c18-16(12-11-15-7-3-1-4-8-15)13-14-21(19,20)17-9-5-2-6-10-17/h1-10,13-14,16H,11-12,18H2/b14-13+. The Morgan fingerprint density at radius 2 is 1.52 bits per heavy atom. The maximum Gasteiger partial charge on any atom is 0.199 e.